The number of sulfonamides is 1. The lowest BCUT2D eigenvalue weighted by Crippen LogP contribution is -2.35. The summed E-state index contributed by atoms with van der Waals surface area (Å²) < 4.78 is 29.7. The van der Waals surface area contributed by atoms with Crippen molar-refractivity contribution in [1.82, 2.24) is 18.8 Å². The minimum Gasteiger partial charge on any atom is -0.319 e. The van der Waals surface area contributed by atoms with Gasteiger partial charge in [-0.3, -0.25) is 4.98 Å². The van der Waals surface area contributed by atoms with Gasteiger partial charge in [0, 0.05) is 31.6 Å². The molecule has 0 spiro atoms. The smallest absolute Gasteiger partial charge is 0.243 e. The molecule has 0 aliphatic carbocycles. The Morgan fingerprint density at radius 3 is 2.64 bits per heavy atom. The van der Waals surface area contributed by atoms with Crippen molar-refractivity contribution >= 4 is 32.8 Å². The van der Waals surface area contributed by atoms with Crippen LogP contribution in [-0.4, -0.2) is 40.3 Å². The van der Waals surface area contributed by atoms with Gasteiger partial charge < -0.3 is 4.57 Å². The number of imidazole rings is 1. The first-order valence-corrected chi connectivity index (χ1v) is 12.1. The van der Waals surface area contributed by atoms with Gasteiger partial charge in [-0.2, -0.15) is 4.31 Å². The molecule has 148 valence electrons. The molecule has 0 radical (unpaired) electrons. The Morgan fingerprint density at radius 2 is 1.93 bits per heavy atom. The Morgan fingerprint density at radius 1 is 1.11 bits per heavy atom. The first-order valence-electron chi connectivity index (χ1n) is 9.63. The Hall–Kier alpha value is -1.90. The van der Waals surface area contributed by atoms with Crippen LogP contribution in [0.2, 0.25) is 0 Å². The molecule has 1 saturated heterocycles. The number of pyridine rings is 1. The number of piperidine rings is 1. The molecule has 1 aliphatic rings. The first-order chi connectivity index (χ1) is 13.6. The van der Waals surface area contributed by atoms with E-state index in [1.165, 1.54) is 0 Å². The maximum Gasteiger partial charge on any atom is 0.243 e. The van der Waals surface area contributed by atoms with Gasteiger partial charge in [0.2, 0.25) is 10.0 Å². The highest BCUT2D eigenvalue weighted by Crippen LogP contribution is 2.29. The van der Waals surface area contributed by atoms with Crippen molar-refractivity contribution in [2.75, 3.05) is 13.1 Å². The molecule has 1 fully saturated rings. The second-order valence-corrected chi connectivity index (χ2v) is 9.74. The summed E-state index contributed by atoms with van der Waals surface area (Å²) in [5, 5.41) is 0.885. The van der Waals surface area contributed by atoms with Gasteiger partial charge >= 0.3 is 0 Å². The Labute approximate surface area is 170 Å². The van der Waals surface area contributed by atoms with E-state index in [-0.39, 0.29) is 0 Å². The molecule has 0 atom stereocenters. The summed E-state index contributed by atoms with van der Waals surface area (Å²) in [4.78, 5) is 9.43. The van der Waals surface area contributed by atoms with Gasteiger partial charge in [-0.1, -0.05) is 24.2 Å². The van der Waals surface area contributed by atoms with E-state index in [2.05, 4.69) is 16.5 Å². The molecule has 1 aromatic carbocycles. The van der Waals surface area contributed by atoms with Gasteiger partial charge in [-0.05, 0) is 50.1 Å². The zero-order chi connectivity index (χ0) is 19.6. The van der Waals surface area contributed by atoms with Crippen LogP contribution in [-0.2, 0) is 22.3 Å². The number of hydrogen-bond donors (Lipinski definition) is 0. The van der Waals surface area contributed by atoms with Crippen LogP contribution in [0.15, 0.2) is 52.6 Å². The van der Waals surface area contributed by atoms with Crippen molar-refractivity contribution in [3.8, 4) is 0 Å². The zero-order valence-corrected chi connectivity index (χ0v) is 17.5. The largest absolute Gasteiger partial charge is 0.319 e. The second-order valence-electron chi connectivity index (χ2n) is 6.86. The van der Waals surface area contributed by atoms with Crippen molar-refractivity contribution in [3.63, 3.8) is 0 Å². The lowest BCUT2D eigenvalue weighted by atomic mass is 10.2. The molecule has 0 bridgehead atoms. The summed E-state index contributed by atoms with van der Waals surface area (Å²) in [6, 6.07) is 11.2. The average Bonchev–Trinajstić information content (AvgIpc) is 3.10. The van der Waals surface area contributed by atoms with E-state index in [0.29, 0.717) is 18.0 Å². The summed E-state index contributed by atoms with van der Waals surface area (Å²) >= 11 is 1.62. The number of aromatic nitrogens is 3. The Kier molecular flexibility index (Phi) is 5.70. The summed E-state index contributed by atoms with van der Waals surface area (Å²) in [6.45, 7) is 4.06. The van der Waals surface area contributed by atoms with E-state index in [4.69, 9.17) is 4.98 Å². The van der Waals surface area contributed by atoms with Crippen LogP contribution in [0.4, 0.5) is 0 Å². The van der Waals surface area contributed by atoms with Crippen molar-refractivity contribution in [2.45, 2.75) is 48.5 Å². The van der Waals surface area contributed by atoms with Crippen LogP contribution in [0, 0.1) is 0 Å². The third kappa shape index (κ3) is 3.81. The SMILES string of the molecule is CCn1c(SCc2ccccn2)nc2cc(S(=O)(=O)N3CCCCC3)ccc21. The van der Waals surface area contributed by atoms with E-state index in [1.54, 1.807) is 34.4 Å². The fourth-order valence-electron chi connectivity index (χ4n) is 3.54. The van der Waals surface area contributed by atoms with Crippen LogP contribution in [0.1, 0.15) is 31.9 Å². The van der Waals surface area contributed by atoms with Crippen molar-refractivity contribution in [2.24, 2.45) is 0 Å². The summed E-state index contributed by atoms with van der Waals surface area (Å²) in [5.74, 6) is 0.725. The molecule has 0 N–H and O–H groups in total. The van der Waals surface area contributed by atoms with Gasteiger partial charge in [0.05, 0.1) is 21.6 Å². The predicted molar refractivity (Wildman–Crippen MR) is 112 cm³/mol. The van der Waals surface area contributed by atoms with Crippen molar-refractivity contribution < 1.29 is 8.42 Å². The molecule has 0 saturated carbocycles. The second kappa shape index (κ2) is 8.23. The topological polar surface area (TPSA) is 68.1 Å². The third-order valence-electron chi connectivity index (χ3n) is 5.03. The van der Waals surface area contributed by atoms with E-state index in [1.807, 2.05) is 24.3 Å². The highest BCUT2D eigenvalue weighted by Gasteiger charge is 2.26. The van der Waals surface area contributed by atoms with Gasteiger partial charge in [0.1, 0.15) is 0 Å². The number of nitrogens with zero attached hydrogens (tertiary/aromatic N) is 4. The Balaban J connectivity index is 1.64. The number of benzene rings is 1. The van der Waals surface area contributed by atoms with Crippen LogP contribution in [0.3, 0.4) is 0 Å². The lowest BCUT2D eigenvalue weighted by molar-refractivity contribution is 0.346. The molecule has 1 aliphatic heterocycles. The molecular weight excluding hydrogens is 392 g/mol. The lowest BCUT2D eigenvalue weighted by Gasteiger charge is -2.25. The van der Waals surface area contributed by atoms with E-state index < -0.39 is 10.0 Å². The van der Waals surface area contributed by atoms with E-state index >= 15 is 0 Å². The average molecular weight is 417 g/mol. The molecule has 3 aromatic rings. The monoisotopic (exact) mass is 416 g/mol. The molecule has 2 aromatic heterocycles. The third-order valence-corrected chi connectivity index (χ3v) is 7.93. The van der Waals surface area contributed by atoms with Crippen LogP contribution in [0.25, 0.3) is 11.0 Å². The predicted octanol–water partition coefficient (Wildman–Crippen LogP) is 3.92. The summed E-state index contributed by atoms with van der Waals surface area (Å²) in [7, 11) is -3.45. The number of aryl methyl sites for hydroxylation is 1. The summed E-state index contributed by atoms with van der Waals surface area (Å²) in [6.07, 6.45) is 4.75. The number of hydrogen-bond acceptors (Lipinski definition) is 5. The maximum atomic E-state index is 13.0. The molecule has 3 heterocycles. The van der Waals surface area contributed by atoms with Crippen LogP contribution in [0.5, 0.6) is 0 Å². The fraction of sp³-hybridized carbons (Fsp3) is 0.400. The quantitative estimate of drug-likeness (QED) is 0.570. The fourth-order valence-corrected chi connectivity index (χ4v) is 6.07. The standard InChI is InChI=1S/C20H24N4O2S2/c1-2-24-19-10-9-17(28(25,26)23-12-6-3-7-13-23)14-18(19)22-20(24)27-15-16-8-4-5-11-21-16/h4-5,8-11,14H,2-3,6-7,12-13,15H2,1H3. The minimum absolute atomic E-state index is 0.337. The normalized spacial score (nSPS) is 15.9. The zero-order valence-electron chi connectivity index (χ0n) is 15.9. The van der Waals surface area contributed by atoms with Crippen molar-refractivity contribution in [3.05, 3.63) is 48.3 Å². The maximum absolute atomic E-state index is 13.0. The molecule has 0 amide bonds. The van der Waals surface area contributed by atoms with Crippen molar-refractivity contribution in [1.29, 1.82) is 0 Å². The van der Waals surface area contributed by atoms with Gasteiger partial charge in [0.15, 0.2) is 5.16 Å². The van der Waals surface area contributed by atoms with Gasteiger partial charge in [-0.15, -0.1) is 0 Å². The molecular formula is C20H24N4O2S2. The highest BCUT2D eigenvalue weighted by atomic mass is 32.2. The molecule has 0 unspecified atom stereocenters. The number of thioether (sulfide) groups is 1. The number of fused-ring (bicyclic) bond motifs is 1. The van der Waals surface area contributed by atoms with E-state index in [0.717, 1.165) is 53.4 Å². The molecule has 6 nitrogen and oxygen atoms in total. The van der Waals surface area contributed by atoms with Crippen LogP contribution < -0.4 is 0 Å². The van der Waals surface area contributed by atoms with Gasteiger partial charge in [0.25, 0.3) is 0 Å². The molecule has 28 heavy (non-hydrogen) atoms. The first kappa shape index (κ1) is 19.4. The highest BCUT2D eigenvalue weighted by molar-refractivity contribution is 7.98. The van der Waals surface area contributed by atoms with E-state index in [9.17, 15) is 8.42 Å². The Bertz CT molecular complexity index is 1060. The van der Waals surface area contributed by atoms with Gasteiger partial charge in [-0.25, -0.2) is 13.4 Å². The minimum atomic E-state index is -3.45. The number of rotatable bonds is 6. The van der Waals surface area contributed by atoms with Crippen LogP contribution >= 0.6 is 11.8 Å². The molecule has 4 rings (SSSR count). The molecule has 8 heteroatoms. The summed E-state index contributed by atoms with van der Waals surface area (Å²) in [5.41, 5.74) is 2.68.